The van der Waals surface area contributed by atoms with Gasteiger partial charge in [0.1, 0.15) is 5.69 Å². The van der Waals surface area contributed by atoms with Crippen LogP contribution in [0, 0.1) is 0 Å². The molecule has 0 saturated heterocycles. The van der Waals surface area contributed by atoms with Gasteiger partial charge in [-0.15, -0.1) is 0 Å². The zero-order chi connectivity index (χ0) is 12.3. The molecule has 0 radical (unpaired) electrons. The molecule has 0 saturated carbocycles. The number of carbonyl (C=O) groups is 2. The molecule has 0 spiro atoms. The third-order valence-electron chi connectivity index (χ3n) is 2.32. The van der Waals surface area contributed by atoms with Gasteiger partial charge >= 0.3 is 5.97 Å². The average molecular weight is 230 g/mol. The summed E-state index contributed by atoms with van der Waals surface area (Å²) in [4.78, 5) is 22.0. The Kier molecular flexibility index (Phi) is 3.00. The lowest BCUT2D eigenvalue weighted by molar-refractivity contribution is -0.131. The van der Waals surface area contributed by atoms with Gasteiger partial charge in [0.15, 0.2) is 0 Å². The van der Waals surface area contributed by atoms with E-state index < -0.39 is 11.8 Å². The van der Waals surface area contributed by atoms with E-state index in [9.17, 15) is 9.59 Å². The maximum Gasteiger partial charge on any atom is 0.378 e. The summed E-state index contributed by atoms with van der Waals surface area (Å²) in [7, 11) is 0. The molecule has 1 aromatic heterocycles. The fraction of sp³-hybridized carbons (Fsp3) is 0.0833. The molecule has 2 rings (SSSR count). The highest BCUT2D eigenvalue weighted by molar-refractivity contribution is 6.39. The van der Waals surface area contributed by atoms with Gasteiger partial charge in [-0.2, -0.15) is 5.10 Å². The molecule has 5 nitrogen and oxygen atoms in total. The fourth-order valence-electron chi connectivity index (χ4n) is 1.52. The quantitative estimate of drug-likeness (QED) is 0.632. The fourth-order valence-corrected chi connectivity index (χ4v) is 1.52. The molecule has 1 heterocycles. The Bertz CT molecular complexity index is 546. The van der Waals surface area contributed by atoms with Crippen LogP contribution in [0.4, 0.5) is 0 Å². The zero-order valence-corrected chi connectivity index (χ0v) is 8.91. The van der Waals surface area contributed by atoms with Crippen molar-refractivity contribution >= 4 is 11.8 Å². The number of aromatic nitrogens is 2. The van der Waals surface area contributed by atoms with E-state index >= 15 is 0 Å². The third kappa shape index (κ3) is 2.39. The van der Waals surface area contributed by atoms with Crippen molar-refractivity contribution in [3.63, 3.8) is 0 Å². The van der Waals surface area contributed by atoms with Crippen molar-refractivity contribution in [2.45, 2.75) is 6.54 Å². The van der Waals surface area contributed by atoms with Crippen molar-refractivity contribution in [3.8, 4) is 0 Å². The Morgan fingerprint density at radius 2 is 1.88 bits per heavy atom. The lowest BCUT2D eigenvalue weighted by Crippen LogP contribution is -2.18. The molecule has 1 N–H and O–H groups in total. The molecule has 86 valence electrons. The number of rotatable bonds is 4. The molecule has 0 bridgehead atoms. The first-order chi connectivity index (χ1) is 8.18. The number of carboxylic acid groups (broad SMARTS) is 1. The number of nitrogens with zero attached hydrogens (tertiary/aromatic N) is 2. The van der Waals surface area contributed by atoms with Crippen LogP contribution in [0.3, 0.4) is 0 Å². The first-order valence-electron chi connectivity index (χ1n) is 5.02. The average Bonchev–Trinajstić information content (AvgIpc) is 2.77. The Morgan fingerprint density at radius 1 is 1.18 bits per heavy atom. The molecule has 0 aliphatic rings. The summed E-state index contributed by atoms with van der Waals surface area (Å²) in [5.74, 6) is -2.42. The van der Waals surface area contributed by atoms with Crippen LogP contribution < -0.4 is 0 Å². The molecule has 0 atom stereocenters. The predicted octanol–water partition coefficient (Wildman–Crippen LogP) is 1.20. The maximum atomic E-state index is 11.4. The van der Waals surface area contributed by atoms with Crippen molar-refractivity contribution in [2.24, 2.45) is 0 Å². The third-order valence-corrected chi connectivity index (χ3v) is 2.32. The molecule has 0 amide bonds. The second-order valence-electron chi connectivity index (χ2n) is 3.49. The highest BCUT2D eigenvalue weighted by Crippen LogP contribution is 2.06. The molecular formula is C12H10N2O3. The Hall–Kier alpha value is -2.43. The standard InChI is InChI=1S/C12H10N2O3/c15-11(12(16)17)10-6-7-13-14(10)8-9-4-2-1-3-5-9/h1-7H,8H2,(H,16,17). The second kappa shape index (κ2) is 4.61. The van der Waals surface area contributed by atoms with Gasteiger partial charge in [-0.1, -0.05) is 30.3 Å². The minimum atomic E-state index is -1.47. The summed E-state index contributed by atoms with van der Waals surface area (Å²) in [6.07, 6.45) is 1.42. The van der Waals surface area contributed by atoms with Gasteiger partial charge in [0.2, 0.25) is 0 Å². The summed E-state index contributed by atoms with van der Waals surface area (Å²) >= 11 is 0. The van der Waals surface area contributed by atoms with Gasteiger partial charge in [0.25, 0.3) is 5.78 Å². The molecule has 5 heteroatoms. The topological polar surface area (TPSA) is 72.2 Å². The second-order valence-corrected chi connectivity index (χ2v) is 3.49. The summed E-state index contributed by atoms with van der Waals surface area (Å²) in [5, 5.41) is 12.6. The van der Waals surface area contributed by atoms with Crippen LogP contribution in [-0.4, -0.2) is 26.6 Å². The van der Waals surface area contributed by atoms with Crippen LogP contribution in [0.15, 0.2) is 42.6 Å². The van der Waals surface area contributed by atoms with Crippen molar-refractivity contribution < 1.29 is 14.7 Å². The smallest absolute Gasteiger partial charge is 0.378 e. The molecule has 0 aliphatic carbocycles. The highest BCUT2D eigenvalue weighted by Gasteiger charge is 2.19. The number of carbonyl (C=O) groups excluding carboxylic acids is 1. The largest absolute Gasteiger partial charge is 0.475 e. The summed E-state index contributed by atoms with van der Waals surface area (Å²) < 4.78 is 1.38. The predicted molar refractivity (Wildman–Crippen MR) is 59.7 cm³/mol. The van der Waals surface area contributed by atoms with Gasteiger partial charge in [-0.25, -0.2) is 4.79 Å². The van der Waals surface area contributed by atoms with E-state index in [4.69, 9.17) is 5.11 Å². The summed E-state index contributed by atoms with van der Waals surface area (Å²) in [6, 6.07) is 10.8. The highest BCUT2D eigenvalue weighted by atomic mass is 16.4. The van der Waals surface area contributed by atoms with Crippen LogP contribution in [0.5, 0.6) is 0 Å². The van der Waals surface area contributed by atoms with E-state index in [1.165, 1.54) is 16.9 Å². The van der Waals surface area contributed by atoms with E-state index in [1.807, 2.05) is 30.3 Å². The van der Waals surface area contributed by atoms with Crippen LogP contribution in [0.2, 0.25) is 0 Å². The van der Waals surface area contributed by atoms with E-state index in [2.05, 4.69) is 5.10 Å². The minimum absolute atomic E-state index is 0.0846. The van der Waals surface area contributed by atoms with E-state index in [0.29, 0.717) is 6.54 Å². The maximum absolute atomic E-state index is 11.4. The summed E-state index contributed by atoms with van der Waals surface area (Å²) in [6.45, 7) is 0.377. The van der Waals surface area contributed by atoms with Crippen LogP contribution in [0.25, 0.3) is 0 Å². The number of aliphatic carboxylic acids is 1. The number of Topliss-reactive ketones (excluding diaryl/α,β-unsaturated/α-hetero) is 1. The van der Waals surface area contributed by atoms with Crippen molar-refractivity contribution in [2.75, 3.05) is 0 Å². The number of hydrogen-bond acceptors (Lipinski definition) is 3. The Balaban J connectivity index is 2.26. The molecule has 1 aromatic carbocycles. The monoisotopic (exact) mass is 230 g/mol. The number of carboxylic acids is 1. The van der Waals surface area contributed by atoms with Gasteiger partial charge in [0, 0.05) is 6.20 Å². The van der Waals surface area contributed by atoms with Crippen LogP contribution in [-0.2, 0) is 11.3 Å². The molecule has 0 unspecified atom stereocenters. The number of benzene rings is 1. The van der Waals surface area contributed by atoms with Gasteiger partial charge in [-0.3, -0.25) is 9.48 Å². The Morgan fingerprint density at radius 3 is 2.53 bits per heavy atom. The van der Waals surface area contributed by atoms with Gasteiger partial charge < -0.3 is 5.11 Å². The molecular weight excluding hydrogens is 220 g/mol. The Labute approximate surface area is 97.3 Å². The van der Waals surface area contributed by atoms with Crippen LogP contribution >= 0.6 is 0 Å². The number of hydrogen-bond donors (Lipinski definition) is 1. The zero-order valence-electron chi connectivity index (χ0n) is 8.91. The minimum Gasteiger partial charge on any atom is -0.475 e. The molecule has 17 heavy (non-hydrogen) atoms. The van der Waals surface area contributed by atoms with Crippen molar-refractivity contribution in [3.05, 3.63) is 53.9 Å². The molecule has 0 aliphatic heterocycles. The van der Waals surface area contributed by atoms with E-state index in [0.717, 1.165) is 5.56 Å². The SMILES string of the molecule is O=C(O)C(=O)c1ccnn1Cc1ccccc1. The lowest BCUT2D eigenvalue weighted by Gasteiger charge is -2.04. The first-order valence-corrected chi connectivity index (χ1v) is 5.02. The van der Waals surface area contributed by atoms with E-state index in [-0.39, 0.29) is 5.69 Å². The number of ketones is 1. The van der Waals surface area contributed by atoms with Crippen molar-refractivity contribution in [1.82, 2.24) is 9.78 Å². The van der Waals surface area contributed by atoms with Gasteiger partial charge in [-0.05, 0) is 11.6 Å². The lowest BCUT2D eigenvalue weighted by atomic mass is 10.2. The van der Waals surface area contributed by atoms with E-state index in [1.54, 1.807) is 0 Å². The molecule has 0 fully saturated rings. The van der Waals surface area contributed by atoms with Gasteiger partial charge in [0.05, 0.1) is 6.54 Å². The summed E-state index contributed by atoms with van der Waals surface area (Å²) in [5.41, 5.74) is 1.04. The molecule has 2 aromatic rings. The normalized spacial score (nSPS) is 10.1. The van der Waals surface area contributed by atoms with Crippen LogP contribution in [0.1, 0.15) is 16.1 Å². The first kappa shape index (κ1) is 11.1. The van der Waals surface area contributed by atoms with Crippen molar-refractivity contribution in [1.29, 1.82) is 0 Å².